The summed E-state index contributed by atoms with van der Waals surface area (Å²) in [4.78, 5) is 6.60. The first-order valence-corrected chi connectivity index (χ1v) is 8.86. The Kier molecular flexibility index (Phi) is 4.71. The van der Waals surface area contributed by atoms with Gasteiger partial charge in [0.1, 0.15) is 0 Å². The molecule has 0 radical (unpaired) electrons. The van der Waals surface area contributed by atoms with Crippen molar-refractivity contribution in [2.75, 3.05) is 13.2 Å². The summed E-state index contributed by atoms with van der Waals surface area (Å²) in [6.45, 7) is 1.97. The first-order valence-electron chi connectivity index (χ1n) is 8.86. The number of fused-ring (bicyclic) bond motifs is 1. The molecule has 2 atom stereocenters. The predicted octanol–water partition coefficient (Wildman–Crippen LogP) is 3.90. The molecule has 1 aromatic carbocycles. The maximum atomic E-state index is 12.9. The average Bonchev–Trinajstić information content (AvgIpc) is 3.10. The van der Waals surface area contributed by atoms with Crippen LogP contribution in [0.3, 0.4) is 0 Å². The van der Waals surface area contributed by atoms with Crippen LogP contribution < -0.4 is 0 Å². The minimum Gasteiger partial charge on any atom is -0.375 e. The van der Waals surface area contributed by atoms with E-state index in [4.69, 9.17) is 9.26 Å². The first-order chi connectivity index (χ1) is 12.5. The molecule has 0 unspecified atom stereocenters. The van der Waals surface area contributed by atoms with Crippen molar-refractivity contribution in [3.8, 4) is 11.4 Å². The van der Waals surface area contributed by atoms with Crippen molar-refractivity contribution in [1.82, 2.24) is 15.0 Å². The number of alkyl halides is 3. The smallest absolute Gasteiger partial charge is 0.375 e. The Bertz CT molecular complexity index is 760. The fourth-order valence-corrected chi connectivity index (χ4v) is 3.82. The third-order valence-corrected chi connectivity index (χ3v) is 5.10. The Hall–Kier alpha value is -1.93. The summed E-state index contributed by atoms with van der Waals surface area (Å²) < 4.78 is 49.8. The molecule has 8 heteroatoms. The van der Waals surface area contributed by atoms with E-state index in [2.05, 4.69) is 15.0 Å². The summed E-state index contributed by atoms with van der Waals surface area (Å²) in [6.07, 6.45) is 0.380. The summed E-state index contributed by atoms with van der Waals surface area (Å²) in [5.41, 5.74) is -0.424. The van der Waals surface area contributed by atoms with Crippen LogP contribution in [0.5, 0.6) is 0 Å². The Labute approximate surface area is 149 Å². The Morgan fingerprint density at radius 1 is 1.19 bits per heavy atom. The van der Waals surface area contributed by atoms with E-state index in [1.165, 1.54) is 18.9 Å². The molecule has 1 saturated heterocycles. The van der Waals surface area contributed by atoms with E-state index in [0.29, 0.717) is 30.6 Å². The highest BCUT2D eigenvalue weighted by molar-refractivity contribution is 5.55. The third kappa shape index (κ3) is 3.61. The first kappa shape index (κ1) is 17.5. The second-order valence-electron chi connectivity index (χ2n) is 6.82. The number of nitrogens with zero attached hydrogens (tertiary/aromatic N) is 3. The fraction of sp³-hybridized carbons (Fsp3) is 0.556. The molecule has 0 N–H and O–H groups in total. The summed E-state index contributed by atoms with van der Waals surface area (Å²) in [5, 5.41) is 3.87. The third-order valence-electron chi connectivity index (χ3n) is 5.10. The zero-order valence-corrected chi connectivity index (χ0v) is 14.2. The van der Waals surface area contributed by atoms with Gasteiger partial charge in [-0.1, -0.05) is 30.1 Å². The SMILES string of the molecule is FC(F)(F)c1cccc(-c2noc(CN3CCO[C@@H]4CCCC[C@@H]43)n2)c1. The monoisotopic (exact) mass is 367 g/mol. The van der Waals surface area contributed by atoms with Crippen LogP contribution in [0.2, 0.25) is 0 Å². The van der Waals surface area contributed by atoms with Gasteiger partial charge in [-0.05, 0) is 25.0 Å². The molecule has 2 aromatic rings. The van der Waals surface area contributed by atoms with Gasteiger partial charge in [-0.3, -0.25) is 4.90 Å². The summed E-state index contributed by atoms with van der Waals surface area (Å²) in [7, 11) is 0. The maximum Gasteiger partial charge on any atom is 0.416 e. The molecule has 2 fully saturated rings. The topological polar surface area (TPSA) is 51.4 Å². The molecule has 2 heterocycles. The molecule has 1 aliphatic carbocycles. The fourth-order valence-electron chi connectivity index (χ4n) is 3.82. The average molecular weight is 367 g/mol. The zero-order chi connectivity index (χ0) is 18.1. The molecule has 26 heavy (non-hydrogen) atoms. The zero-order valence-electron chi connectivity index (χ0n) is 14.2. The molecule has 140 valence electrons. The van der Waals surface area contributed by atoms with Gasteiger partial charge in [-0.25, -0.2) is 0 Å². The van der Waals surface area contributed by atoms with Crippen LogP contribution in [-0.2, 0) is 17.5 Å². The highest BCUT2D eigenvalue weighted by atomic mass is 19.4. The van der Waals surface area contributed by atoms with Gasteiger partial charge in [0.15, 0.2) is 0 Å². The van der Waals surface area contributed by atoms with Crippen LogP contribution in [-0.4, -0.2) is 40.3 Å². The standard InChI is InChI=1S/C18H20F3N3O2/c19-18(20,21)13-5-3-4-12(10-13)17-22-16(26-23-17)11-24-8-9-25-15-7-2-1-6-14(15)24/h3-5,10,14-15H,1-2,6-9,11H2/t14-,15+/m0/s1. The quantitative estimate of drug-likeness (QED) is 0.824. The van der Waals surface area contributed by atoms with E-state index in [9.17, 15) is 13.2 Å². The van der Waals surface area contributed by atoms with Crippen molar-refractivity contribution in [2.45, 2.75) is 50.6 Å². The summed E-state index contributed by atoms with van der Waals surface area (Å²) in [6, 6.07) is 5.32. The van der Waals surface area contributed by atoms with Gasteiger partial charge in [0.25, 0.3) is 0 Å². The van der Waals surface area contributed by atoms with E-state index in [0.717, 1.165) is 31.5 Å². The van der Waals surface area contributed by atoms with E-state index >= 15 is 0 Å². The molecule has 1 saturated carbocycles. The van der Waals surface area contributed by atoms with Gasteiger partial charge in [0, 0.05) is 18.2 Å². The lowest BCUT2D eigenvalue weighted by Gasteiger charge is -2.43. The number of hydrogen-bond donors (Lipinski definition) is 0. The van der Waals surface area contributed by atoms with Crippen molar-refractivity contribution in [1.29, 1.82) is 0 Å². The maximum absolute atomic E-state index is 12.9. The number of aromatic nitrogens is 2. The van der Waals surface area contributed by atoms with E-state index in [-0.39, 0.29) is 11.9 Å². The van der Waals surface area contributed by atoms with Crippen LogP contribution in [0.4, 0.5) is 13.2 Å². The largest absolute Gasteiger partial charge is 0.416 e. The van der Waals surface area contributed by atoms with Gasteiger partial charge >= 0.3 is 6.18 Å². The number of morpholine rings is 1. The molecule has 1 aromatic heterocycles. The molecule has 2 aliphatic rings. The van der Waals surface area contributed by atoms with Crippen LogP contribution in [0, 0.1) is 0 Å². The number of hydrogen-bond acceptors (Lipinski definition) is 5. The second-order valence-corrected chi connectivity index (χ2v) is 6.82. The summed E-state index contributed by atoms with van der Waals surface area (Å²) >= 11 is 0. The van der Waals surface area contributed by atoms with Crippen molar-refractivity contribution in [3.05, 3.63) is 35.7 Å². The molecule has 0 amide bonds. The van der Waals surface area contributed by atoms with Crippen molar-refractivity contribution >= 4 is 0 Å². The molecular formula is C18H20F3N3O2. The van der Waals surface area contributed by atoms with E-state index < -0.39 is 11.7 Å². The minimum absolute atomic E-state index is 0.180. The molecule has 4 rings (SSSR count). The Morgan fingerprint density at radius 2 is 2.04 bits per heavy atom. The highest BCUT2D eigenvalue weighted by Gasteiger charge is 2.35. The van der Waals surface area contributed by atoms with Crippen LogP contribution >= 0.6 is 0 Å². The molecule has 5 nitrogen and oxygen atoms in total. The Balaban J connectivity index is 1.50. The van der Waals surface area contributed by atoms with E-state index in [1.807, 2.05) is 0 Å². The highest BCUT2D eigenvalue weighted by Crippen LogP contribution is 2.32. The van der Waals surface area contributed by atoms with Gasteiger partial charge < -0.3 is 9.26 Å². The minimum atomic E-state index is -4.40. The molecule has 0 spiro atoms. The van der Waals surface area contributed by atoms with Crippen LogP contribution in [0.15, 0.2) is 28.8 Å². The van der Waals surface area contributed by atoms with Crippen molar-refractivity contribution in [3.63, 3.8) is 0 Å². The number of benzene rings is 1. The van der Waals surface area contributed by atoms with Gasteiger partial charge in [-0.2, -0.15) is 18.2 Å². The predicted molar refractivity (Wildman–Crippen MR) is 87.1 cm³/mol. The van der Waals surface area contributed by atoms with Crippen molar-refractivity contribution in [2.24, 2.45) is 0 Å². The number of halogens is 3. The summed E-state index contributed by atoms with van der Waals surface area (Å²) in [5.74, 6) is 0.600. The lowest BCUT2D eigenvalue weighted by atomic mass is 9.90. The number of rotatable bonds is 3. The lowest BCUT2D eigenvalue weighted by molar-refractivity contribution is -0.137. The molecule has 1 aliphatic heterocycles. The van der Waals surface area contributed by atoms with E-state index in [1.54, 1.807) is 6.07 Å². The molecular weight excluding hydrogens is 347 g/mol. The Morgan fingerprint density at radius 3 is 2.88 bits per heavy atom. The second kappa shape index (κ2) is 7.00. The van der Waals surface area contributed by atoms with Gasteiger partial charge in [0.2, 0.25) is 11.7 Å². The van der Waals surface area contributed by atoms with Gasteiger partial charge in [-0.15, -0.1) is 0 Å². The number of ether oxygens (including phenoxy) is 1. The van der Waals surface area contributed by atoms with Crippen LogP contribution in [0.25, 0.3) is 11.4 Å². The molecule has 0 bridgehead atoms. The lowest BCUT2D eigenvalue weighted by Crippen LogP contribution is -2.52. The van der Waals surface area contributed by atoms with Crippen LogP contribution in [0.1, 0.15) is 37.1 Å². The van der Waals surface area contributed by atoms with Crippen molar-refractivity contribution < 1.29 is 22.4 Å². The van der Waals surface area contributed by atoms with Gasteiger partial charge in [0.05, 0.1) is 24.8 Å². The normalized spacial score (nSPS) is 24.4.